The summed E-state index contributed by atoms with van der Waals surface area (Å²) < 4.78 is 2.41. The lowest BCUT2D eigenvalue weighted by atomic mass is 9.81. The Labute approximate surface area is 206 Å². The highest BCUT2D eigenvalue weighted by Gasteiger charge is 2.30. The van der Waals surface area contributed by atoms with Crippen molar-refractivity contribution in [3.63, 3.8) is 0 Å². The molecule has 3 heterocycles. The predicted molar refractivity (Wildman–Crippen MR) is 140 cm³/mol. The van der Waals surface area contributed by atoms with Gasteiger partial charge in [-0.15, -0.1) is 0 Å². The smallest absolute Gasteiger partial charge is 0.335 e. The first-order valence-corrected chi connectivity index (χ1v) is 12.8. The number of carbonyl (C=O) groups is 1. The van der Waals surface area contributed by atoms with Crippen molar-refractivity contribution >= 4 is 22.6 Å². The lowest BCUT2D eigenvalue weighted by molar-refractivity contribution is 0.0697. The number of hydrogen-bond donors (Lipinski definition) is 1. The maximum absolute atomic E-state index is 11.8. The molecule has 1 fully saturated rings. The van der Waals surface area contributed by atoms with Crippen LogP contribution in [0.25, 0.3) is 22.2 Å². The second kappa shape index (κ2) is 9.21. The molecule has 1 aliphatic carbocycles. The maximum atomic E-state index is 11.8. The van der Waals surface area contributed by atoms with Gasteiger partial charge in [0.1, 0.15) is 0 Å². The van der Waals surface area contributed by atoms with Gasteiger partial charge in [0.05, 0.1) is 11.3 Å². The zero-order chi connectivity index (χ0) is 23.8. The van der Waals surface area contributed by atoms with Gasteiger partial charge >= 0.3 is 5.97 Å². The highest BCUT2D eigenvalue weighted by atomic mass is 16.4. The molecule has 0 bridgehead atoms. The number of carboxylic acids is 1. The third kappa shape index (κ3) is 3.99. The Hall–Kier alpha value is -3.60. The molecule has 0 saturated heterocycles. The molecule has 2 aliphatic rings. The largest absolute Gasteiger partial charge is 0.478 e. The van der Waals surface area contributed by atoms with Crippen molar-refractivity contribution < 1.29 is 9.90 Å². The van der Waals surface area contributed by atoms with Gasteiger partial charge in [0.15, 0.2) is 0 Å². The number of fused-ring (bicyclic) bond motifs is 5. The summed E-state index contributed by atoms with van der Waals surface area (Å²) in [6.45, 7) is 2.64. The highest BCUT2D eigenvalue weighted by Crippen LogP contribution is 2.47. The van der Waals surface area contributed by atoms with E-state index in [1.54, 1.807) is 6.07 Å². The van der Waals surface area contributed by atoms with Crippen molar-refractivity contribution in [2.45, 2.75) is 51.0 Å². The number of benzene rings is 2. The normalized spacial score (nSPS) is 16.1. The van der Waals surface area contributed by atoms with E-state index in [4.69, 9.17) is 0 Å². The van der Waals surface area contributed by atoms with Crippen molar-refractivity contribution in [2.75, 3.05) is 18.0 Å². The molecule has 178 valence electrons. The summed E-state index contributed by atoms with van der Waals surface area (Å²) in [4.78, 5) is 18.6. The molecule has 1 saturated carbocycles. The van der Waals surface area contributed by atoms with E-state index in [0.29, 0.717) is 11.5 Å². The van der Waals surface area contributed by atoms with Crippen LogP contribution in [0, 0.1) is 0 Å². The molecule has 4 aromatic rings. The van der Waals surface area contributed by atoms with Gasteiger partial charge in [0, 0.05) is 54.2 Å². The summed E-state index contributed by atoms with van der Waals surface area (Å²) in [7, 11) is 0. The first-order chi connectivity index (χ1) is 17.2. The fourth-order valence-corrected chi connectivity index (χ4v) is 6.17. The van der Waals surface area contributed by atoms with E-state index in [-0.39, 0.29) is 0 Å². The second-order valence-electron chi connectivity index (χ2n) is 9.90. The van der Waals surface area contributed by atoms with Crippen LogP contribution in [0.3, 0.4) is 0 Å². The van der Waals surface area contributed by atoms with Gasteiger partial charge in [-0.05, 0) is 60.6 Å². The lowest BCUT2D eigenvalue weighted by Crippen LogP contribution is -2.28. The highest BCUT2D eigenvalue weighted by molar-refractivity contribution is 5.99. The SMILES string of the molecule is O=C(O)c1ccc2c(C3CCCCC3)c3n(c2c1)CCN(CCc1cccnc1)c1ccccc1-3. The molecular formula is C30H31N3O2. The van der Waals surface area contributed by atoms with E-state index >= 15 is 0 Å². The summed E-state index contributed by atoms with van der Waals surface area (Å²) in [6.07, 6.45) is 11.0. The van der Waals surface area contributed by atoms with Gasteiger partial charge in [-0.25, -0.2) is 4.79 Å². The number of para-hydroxylation sites is 1. The average molecular weight is 466 g/mol. The molecule has 0 unspecified atom stereocenters. The molecule has 0 atom stereocenters. The van der Waals surface area contributed by atoms with Crippen LogP contribution in [0.15, 0.2) is 67.0 Å². The standard InChI is InChI=1S/C30H31N3O2/c34-30(35)23-12-13-24-27(19-23)33-18-17-32(16-14-21-7-6-15-31-20-21)26-11-5-4-10-25(26)29(33)28(24)22-8-2-1-3-9-22/h4-7,10-13,15,19-20,22H,1-3,8-9,14,16-18H2,(H,34,35). The van der Waals surface area contributed by atoms with Gasteiger partial charge in [-0.1, -0.05) is 49.6 Å². The van der Waals surface area contributed by atoms with Crippen LogP contribution < -0.4 is 4.90 Å². The number of aromatic carboxylic acids is 1. The van der Waals surface area contributed by atoms with E-state index < -0.39 is 5.97 Å². The van der Waals surface area contributed by atoms with E-state index in [0.717, 1.165) is 31.6 Å². The Morgan fingerprint density at radius 1 is 1.00 bits per heavy atom. The van der Waals surface area contributed by atoms with Crippen molar-refractivity contribution in [3.8, 4) is 11.3 Å². The van der Waals surface area contributed by atoms with Crippen LogP contribution in [0.2, 0.25) is 0 Å². The van der Waals surface area contributed by atoms with Crippen LogP contribution in [0.5, 0.6) is 0 Å². The zero-order valence-corrected chi connectivity index (χ0v) is 20.0. The van der Waals surface area contributed by atoms with Crippen LogP contribution in [0.1, 0.15) is 59.5 Å². The van der Waals surface area contributed by atoms with Crippen molar-refractivity contribution in [2.24, 2.45) is 0 Å². The Bertz CT molecular complexity index is 1370. The van der Waals surface area contributed by atoms with E-state index in [1.165, 1.54) is 65.6 Å². The van der Waals surface area contributed by atoms with Crippen molar-refractivity contribution in [1.82, 2.24) is 9.55 Å². The quantitative estimate of drug-likeness (QED) is 0.365. The minimum Gasteiger partial charge on any atom is -0.478 e. The van der Waals surface area contributed by atoms with Gasteiger partial charge in [0.25, 0.3) is 0 Å². The van der Waals surface area contributed by atoms with E-state index in [9.17, 15) is 9.90 Å². The fraction of sp³-hybridized carbons (Fsp3) is 0.333. The van der Waals surface area contributed by atoms with Crippen LogP contribution >= 0.6 is 0 Å². The second-order valence-corrected chi connectivity index (χ2v) is 9.90. The summed E-state index contributed by atoms with van der Waals surface area (Å²) in [5, 5.41) is 10.9. The lowest BCUT2D eigenvalue weighted by Gasteiger charge is -2.26. The van der Waals surface area contributed by atoms with Crippen LogP contribution in [-0.2, 0) is 13.0 Å². The van der Waals surface area contributed by atoms with Gasteiger partial charge < -0.3 is 14.6 Å². The Morgan fingerprint density at radius 2 is 1.86 bits per heavy atom. The van der Waals surface area contributed by atoms with E-state index in [2.05, 4.69) is 50.8 Å². The summed E-state index contributed by atoms with van der Waals surface area (Å²) in [5.41, 5.74) is 7.93. The summed E-state index contributed by atoms with van der Waals surface area (Å²) >= 11 is 0. The molecule has 35 heavy (non-hydrogen) atoms. The third-order valence-electron chi connectivity index (χ3n) is 7.85. The number of rotatable bonds is 5. The Balaban J connectivity index is 1.50. The molecule has 2 aromatic heterocycles. The number of pyridine rings is 1. The van der Waals surface area contributed by atoms with Crippen molar-refractivity contribution in [3.05, 3.63) is 83.7 Å². The summed E-state index contributed by atoms with van der Waals surface area (Å²) in [6, 6.07) is 18.7. The first kappa shape index (κ1) is 21.9. The van der Waals surface area contributed by atoms with Gasteiger partial charge in [0.2, 0.25) is 0 Å². The average Bonchev–Trinajstić information content (AvgIpc) is 3.14. The summed E-state index contributed by atoms with van der Waals surface area (Å²) in [5.74, 6) is -0.345. The minimum absolute atomic E-state index is 0.360. The monoisotopic (exact) mass is 465 g/mol. The van der Waals surface area contributed by atoms with Gasteiger partial charge in [-0.2, -0.15) is 0 Å². The minimum atomic E-state index is -0.867. The number of anilines is 1. The topological polar surface area (TPSA) is 58.4 Å². The Morgan fingerprint density at radius 3 is 2.66 bits per heavy atom. The maximum Gasteiger partial charge on any atom is 0.335 e. The molecule has 5 nitrogen and oxygen atoms in total. The first-order valence-electron chi connectivity index (χ1n) is 12.8. The Kier molecular flexibility index (Phi) is 5.77. The molecule has 0 spiro atoms. The predicted octanol–water partition coefficient (Wildman–Crippen LogP) is 6.51. The molecule has 1 N–H and O–H groups in total. The number of nitrogens with zero attached hydrogens (tertiary/aromatic N) is 3. The number of aromatic nitrogens is 2. The van der Waals surface area contributed by atoms with Crippen LogP contribution in [-0.4, -0.2) is 33.7 Å². The number of carboxylic acid groups (broad SMARTS) is 1. The molecule has 2 aromatic carbocycles. The number of hydrogen-bond acceptors (Lipinski definition) is 3. The fourth-order valence-electron chi connectivity index (χ4n) is 6.17. The molecule has 6 rings (SSSR count). The molecule has 0 radical (unpaired) electrons. The molecule has 0 amide bonds. The van der Waals surface area contributed by atoms with E-state index in [1.807, 2.05) is 24.5 Å². The molecule has 5 heteroatoms. The molecule has 1 aliphatic heterocycles. The third-order valence-corrected chi connectivity index (χ3v) is 7.85. The van der Waals surface area contributed by atoms with Gasteiger partial charge in [-0.3, -0.25) is 4.98 Å². The molecular weight excluding hydrogens is 434 g/mol. The van der Waals surface area contributed by atoms with Crippen molar-refractivity contribution in [1.29, 1.82) is 0 Å². The zero-order valence-electron chi connectivity index (χ0n) is 20.0. The van der Waals surface area contributed by atoms with Crippen LogP contribution in [0.4, 0.5) is 5.69 Å².